The van der Waals surface area contributed by atoms with Crippen LogP contribution in [0.25, 0.3) is 0 Å². The zero-order chi connectivity index (χ0) is 18.5. The Bertz CT molecular complexity index is 789. The number of piperazine rings is 1. The number of carbonyl (C=O) groups is 2. The number of ether oxygens (including phenoxy) is 2. The van der Waals surface area contributed by atoms with E-state index in [1.807, 2.05) is 6.07 Å². The van der Waals surface area contributed by atoms with E-state index in [1.165, 1.54) is 7.11 Å². The number of halogens is 1. The van der Waals surface area contributed by atoms with Crippen LogP contribution in [0.1, 0.15) is 10.4 Å². The molecule has 1 heterocycles. The van der Waals surface area contributed by atoms with Crippen molar-refractivity contribution in [3.05, 3.63) is 59.1 Å². The molecule has 0 N–H and O–H groups in total. The molecule has 1 saturated heterocycles. The number of methoxy groups -OCH3 is 1. The van der Waals surface area contributed by atoms with Crippen molar-refractivity contribution in [1.82, 2.24) is 9.80 Å². The van der Waals surface area contributed by atoms with Crippen LogP contribution in [0.2, 0.25) is 5.02 Å². The Morgan fingerprint density at radius 2 is 1.62 bits per heavy atom. The number of amides is 2. The molecule has 1 aliphatic rings. The molecule has 0 bridgehead atoms. The Kier molecular flexibility index (Phi) is 5.63. The van der Waals surface area contributed by atoms with Gasteiger partial charge >= 0.3 is 6.09 Å². The first-order valence-corrected chi connectivity index (χ1v) is 8.61. The molecule has 7 heteroatoms. The largest absolute Gasteiger partial charge is 0.496 e. The summed E-state index contributed by atoms with van der Waals surface area (Å²) in [6, 6.07) is 13.9. The number of carbonyl (C=O) groups excluding carboxylic acids is 2. The maximum Gasteiger partial charge on any atom is 0.415 e. The van der Waals surface area contributed by atoms with E-state index in [9.17, 15) is 9.59 Å². The fraction of sp³-hybridized carbons (Fsp3) is 0.263. The van der Waals surface area contributed by atoms with E-state index in [-0.39, 0.29) is 5.91 Å². The Balaban J connectivity index is 1.60. The van der Waals surface area contributed by atoms with Crippen LogP contribution in [0.5, 0.6) is 11.5 Å². The second-order valence-electron chi connectivity index (χ2n) is 5.80. The lowest BCUT2D eigenvalue weighted by atomic mass is 10.1. The van der Waals surface area contributed by atoms with Crippen LogP contribution >= 0.6 is 11.6 Å². The molecule has 26 heavy (non-hydrogen) atoms. The lowest BCUT2D eigenvalue weighted by Gasteiger charge is -2.34. The van der Waals surface area contributed by atoms with Gasteiger partial charge in [0.2, 0.25) is 0 Å². The van der Waals surface area contributed by atoms with Crippen LogP contribution in [0.15, 0.2) is 48.5 Å². The molecule has 2 aromatic rings. The molecular formula is C19H19ClN2O4. The lowest BCUT2D eigenvalue weighted by molar-refractivity contribution is 0.0630. The highest BCUT2D eigenvalue weighted by Crippen LogP contribution is 2.24. The van der Waals surface area contributed by atoms with Crippen molar-refractivity contribution >= 4 is 23.6 Å². The van der Waals surface area contributed by atoms with E-state index in [0.29, 0.717) is 48.3 Å². The van der Waals surface area contributed by atoms with Gasteiger partial charge in [-0.1, -0.05) is 29.8 Å². The summed E-state index contributed by atoms with van der Waals surface area (Å²) in [6.45, 7) is 1.64. The number of rotatable bonds is 3. The highest BCUT2D eigenvalue weighted by molar-refractivity contribution is 6.31. The normalized spacial score (nSPS) is 14.1. The van der Waals surface area contributed by atoms with Crippen molar-refractivity contribution in [3.63, 3.8) is 0 Å². The van der Waals surface area contributed by atoms with E-state index in [1.54, 1.807) is 52.3 Å². The van der Waals surface area contributed by atoms with E-state index in [4.69, 9.17) is 21.1 Å². The molecule has 1 aliphatic heterocycles. The van der Waals surface area contributed by atoms with Crippen LogP contribution in [0.3, 0.4) is 0 Å². The smallest absolute Gasteiger partial charge is 0.415 e. The second-order valence-corrected chi connectivity index (χ2v) is 6.24. The molecular weight excluding hydrogens is 356 g/mol. The van der Waals surface area contributed by atoms with Gasteiger partial charge in [-0.05, 0) is 30.3 Å². The number of nitrogens with zero attached hydrogens (tertiary/aromatic N) is 2. The minimum Gasteiger partial charge on any atom is -0.496 e. The fourth-order valence-corrected chi connectivity index (χ4v) is 2.94. The maximum atomic E-state index is 12.8. The predicted molar refractivity (Wildman–Crippen MR) is 97.9 cm³/mol. The highest BCUT2D eigenvalue weighted by Gasteiger charge is 2.27. The average Bonchev–Trinajstić information content (AvgIpc) is 2.68. The topological polar surface area (TPSA) is 59.1 Å². The molecule has 0 aliphatic carbocycles. The minimum atomic E-state index is -0.413. The van der Waals surface area contributed by atoms with E-state index < -0.39 is 6.09 Å². The van der Waals surface area contributed by atoms with Crippen LogP contribution in [-0.2, 0) is 0 Å². The predicted octanol–water partition coefficient (Wildman–Crippen LogP) is 3.31. The second kappa shape index (κ2) is 8.10. The van der Waals surface area contributed by atoms with Gasteiger partial charge in [0.05, 0.1) is 12.7 Å². The van der Waals surface area contributed by atoms with Crippen molar-refractivity contribution in [2.24, 2.45) is 0 Å². The molecule has 1 fully saturated rings. The third-order valence-corrected chi connectivity index (χ3v) is 4.40. The molecule has 2 aromatic carbocycles. The summed E-state index contributed by atoms with van der Waals surface area (Å²) in [6.07, 6.45) is -0.413. The van der Waals surface area contributed by atoms with Crippen LogP contribution in [0, 0.1) is 0 Å². The van der Waals surface area contributed by atoms with Gasteiger partial charge in [0.15, 0.2) is 0 Å². The molecule has 3 rings (SSSR count). The zero-order valence-electron chi connectivity index (χ0n) is 14.4. The summed E-state index contributed by atoms with van der Waals surface area (Å²) < 4.78 is 10.6. The molecule has 0 radical (unpaired) electrons. The number of hydrogen-bond donors (Lipinski definition) is 0. The number of para-hydroxylation sites is 1. The van der Waals surface area contributed by atoms with Gasteiger partial charge in [-0.15, -0.1) is 0 Å². The summed E-state index contributed by atoms with van der Waals surface area (Å²) in [5, 5.41) is 0.472. The standard InChI is InChI=1S/C19H19ClN2O4/c1-25-17-8-7-14(20)13-16(17)18(23)21-9-11-22(12-10-21)19(24)26-15-5-3-2-4-6-15/h2-8,13H,9-12H2,1H3. The fourth-order valence-electron chi connectivity index (χ4n) is 2.76. The summed E-state index contributed by atoms with van der Waals surface area (Å²) in [4.78, 5) is 28.2. The molecule has 136 valence electrons. The monoisotopic (exact) mass is 374 g/mol. The van der Waals surface area contributed by atoms with Gasteiger partial charge in [0, 0.05) is 31.2 Å². The lowest BCUT2D eigenvalue weighted by Crippen LogP contribution is -2.51. The third kappa shape index (κ3) is 4.08. The maximum absolute atomic E-state index is 12.8. The first-order valence-electron chi connectivity index (χ1n) is 8.23. The van der Waals surface area contributed by atoms with E-state index in [2.05, 4.69) is 0 Å². The van der Waals surface area contributed by atoms with Gasteiger partial charge in [0.25, 0.3) is 5.91 Å². The molecule has 2 amide bonds. The Labute approximate surface area is 156 Å². The molecule has 0 saturated carbocycles. The minimum absolute atomic E-state index is 0.166. The quantitative estimate of drug-likeness (QED) is 0.827. The molecule has 0 unspecified atom stereocenters. The average molecular weight is 375 g/mol. The molecule has 0 aromatic heterocycles. The van der Waals surface area contributed by atoms with E-state index >= 15 is 0 Å². The SMILES string of the molecule is COc1ccc(Cl)cc1C(=O)N1CCN(C(=O)Oc2ccccc2)CC1. The van der Waals surface area contributed by atoms with Crippen molar-refractivity contribution in [3.8, 4) is 11.5 Å². The van der Waals surface area contributed by atoms with Crippen LogP contribution < -0.4 is 9.47 Å². The summed E-state index contributed by atoms with van der Waals surface area (Å²) in [5.41, 5.74) is 0.417. The van der Waals surface area contributed by atoms with Crippen LogP contribution in [0.4, 0.5) is 4.79 Å². The van der Waals surface area contributed by atoms with E-state index in [0.717, 1.165) is 0 Å². The number of hydrogen-bond acceptors (Lipinski definition) is 4. The Morgan fingerprint density at radius 3 is 2.27 bits per heavy atom. The van der Waals surface area contributed by atoms with Gasteiger partial charge < -0.3 is 19.3 Å². The summed E-state index contributed by atoms with van der Waals surface area (Å²) in [5.74, 6) is 0.811. The zero-order valence-corrected chi connectivity index (χ0v) is 15.1. The summed E-state index contributed by atoms with van der Waals surface area (Å²) in [7, 11) is 1.51. The number of benzene rings is 2. The third-order valence-electron chi connectivity index (χ3n) is 4.17. The van der Waals surface area contributed by atoms with Gasteiger partial charge in [0.1, 0.15) is 11.5 Å². The van der Waals surface area contributed by atoms with Crippen molar-refractivity contribution in [1.29, 1.82) is 0 Å². The highest BCUT2D eigenvalue weighted by atomic mass is 35.5. The molecule has 0 spiro atoms. The first kappa shape index (κ1) is 18.1. The summed E-state index contributed by atoms with van der Waals surface area (Å²) >= 11 is 6.00. The van der Waals surface area contributed by atoms with Gasteiger partial charge in [-0.2, -0.15) is 0 Å². The van der Waals surface area contributed by atoms with Crippen LogP contribution in [-0.4, -0.2) is 55.1 Å². The molecule has 6 nitrogen and oxygen atoms in total. The van der Waals surface area contributed by atoms with Crippen molar-refractivity contribution < 1.29 is 19.1 Å². The van der Waals surface area contributed by atoms with Crippen molar-refractivity contribution in [2.45, 2.75) is 0 Å². The Morgan fingerprint density at radius 1 is 0.962 bits per heavy atom. The molecule has 0 atom stereocenters. The van der Waals surface area contributed by atoms with Gasteiger partial charge in [-0.3, -0.25) is 4.79 Å². The van der Waals surface area contributed by atoms with Crippen molar-refractivity contribution in [2.75, 3.05) is 33.3 Å². The van der Waals surface area contributed by atoms with Gasteiger partial charge in [-0.25, -0.2) is 4.79 Å². The Hall–Kier alpha value is -2.73. The first-order chi connectivity index (χ1) is 12.6.